The maximum Gasteiger partial charge on any atom is 0.340 e. The van der Waals surface area contributed by atoms with E-state index in [1.54, 1.807) is 30.0 Å². The Bertz CT molecular complexity index is 611. The number of carbonyl (C=O) groups excluding carboxylic acids is 1. The molecule has 2 N–H and O–H groups in total. The summed E-state index contributed by atoms with van der Waals surface area (Å²) in [5, 5.41) is 0. The molecule has 0 saturated heterocycles. The Morgan fingerprint density at radius 2 is 1.75 bits per heavy atom. The van der Waals surface area contributed by atoms with Crippen molar-refractivity contribution in [3.63, 3.8) is 0 Å². The van der Waals surface area contributed by atoms with Gasteiger partial charge in [0.25, 0.3) is 0 Å². The number of nitrogen functional groups attached to an aromatic ring is 1. The fourth-order valence-corrected chi connectivity index (χ4v) is 2.07. The third-order valence-corrected chi connectivity index (χ3v) is 3.47. The summed E-state index contributed by atoms with van der Waals surface area (Å²) in [6.07, 6.45) is 2.01. The molecule has 0 atom stereocenters. The summed E-state index contributed by atoms with van der Waals surface area (Å²) in [4.78, 5) is 12.7. The van der Waals surface area contributed by atoms with Crippen LogP contribution in [0, 0.1) is 0 Å². The zero-order valence-corrected chi connectivity index (χ0v) is 12.1. The van der Waals surface area contributed by atoms with Crippen LogP contribution in [-0.2, 0) is 4.74 Å². The second kappa shape index (κ2) is 6.34. The molecule has 2 aromatic carbocycles. The molecule has 0 unspecified atom stereocenters. The number of carbonyl (C=O) groups is 1. The summed E-state index contributed by atoms with van der Waals surface area (Å²) in [7, 11) is 1.32. The minimum atomic E-state index is -0.481. The van der Waals surface area contributed by atoms with Crippen molar-refractivity contribution in [3.05, 3.63) is 48.0 Å². The van der Waals surface area contributed by atoms with Gasteiger partial charge in [-0.2, -0.15) is 0 Å². The van der Waals surface area contributed by atoms with Gasteiger partial charge in [0, 0.05) is 10.6 Å². The highest BCUT2D eigenvalue weighted by Gasteiger charge is 2.11. The van der Waals surface area contributed by atoms with Gasteiger partial charge in [-0.25, -0.2) is 4.79 Å². The van der Waals surface area contributed by atoms with E-state index in [1.165, 1.54) is 7.11 Å². The van der Waals surface area contributed by atoms with Crippen LogP contribution in [0.25, 0.3) is 0 Å². The third kappa shape index (κ3) is 3.24. The summed E-state index contributed by atoms with van der Waals surface area (Å²) in [6, 6.07) is 12.6. The van der Waals surface area contributed by atoms with Gasteiger partial charge in [-0.15, -0.1) is 11.8 Å². The highest BCUT2D eigenvalue weighted by molar-refractivity contribution is 7.98. The molecule has 0 aromatic heterocycles. The molecule has 4 nitrogen and oxygen atoms in total. The van der Waals surface area contributed by atoms with E-state index in [9.17, 15) is 4.79 Å². The second-order valence-electron chi connectivity index (χ2n) is 4.02. The molecule has 0 spiro atoms. The van der Waals surface area contributed by atoms with Crippen LogP contribution in [0.4, 0.5) is 5.69 Å². The number of ether oxygens (including phenoxy) is 2. The second-order valence-corrected chi connectivity index (χ2v) is 4.90. The summed E-state index contributed by atoms with van der Waals surface area (Å²) < 4.78 is 10.4. The van der Waals surface area contributed by atoms with Crippen molar-refractivity contribution in [1.82, 2.24) is 0 Å². The minimum absolute atomic E-state index is 0.297. The Morgan fingerprint density at radius 1 is 1.10 bits per heavy atom. The summed E-state index contributed by atoms with van der Waals surface area (Å²) in [5.41, 5.74) is 6.40. The Labute approximate surface area is 121 Å². The molecule has 20 heavy (non-hydrogen) atoms. The lowest BCUT2D eigenvalue weighted by molar-refractivity contribution is 0.0601. The van der Waals surface area contributed by atoms with Gasteiger partial charge in [0.05, 0.1) is 12.7 Å². The highest BCUT2D eigenvalue weighted by atomic mass is 32.2. The molecule has 104 valence electrons. The van der Waals surface area contributed by atoms with Crippen LogP contribution >= 0.6 is 11.8 Å². The molecule has 0 heterocycles. The zero-order chi connectivity index (χ0) is 14.5. The average molecular weight is 289 g/mol. The molecule has 2 rings (SSSR count). The van der Waals surface area contributed by atoms with Crippen molar-refractivity contribution in [2.24, 2.45) is 0 Å². The van der Waals surface area contributed by atoms with Gasteiger partial charge in [0.2, 0.25) is 0 Å². The number of esters is 1. The number of hydrogen-bond acceptors (Lipinski definition) is 5. The van der Waals surface area contributed by atoms with Crippen LogP contribution < -0.4 is 10.5 Å². The van der Waals surface area contributed by atoms with Crippen LogP contribution in [0.2, 0.25) is 0 Å². The molecular weight excluding hydrogens is 274 g/mol. The summed E-state index contributed by atoms with van der Waals surface area (Å²) in [6.45, 7) is 0. The van der Waals surface area contributed by atoms with E-state index in [1.807, 2.05) is 30.5 Å². The standard InChI is InChI=1S/C15H15NO3S/c1-18-15(17)13-9-11(5-8-14(13)16)19-10-3-6-12(20-2)7-4-10/h3-9H,16H2,1-2H3. The molecule has 2 aromatic rings. The molecule has 0 radical (unpaired) electrons. The highest BCUT2D eigenvalue weighted by Crippen LogP contribution is 2.27. The van der Waals surface area contributed by atoms with Gasteiger partial charge in [0.1, 0.15) is 11.5 Å². The first-order valence-electron chi connectivity index (χ1n) is 5.94. The third-order valence-electron chi connectivity index (χ3n) is 2.73. The molecule has 5 heteroatoms. The number of thioether (sulfide) groups is 1. The van der Waals surface area contributed by atoms with Crippen LogP contribution in [0.3, 0.4) is 0 Å². The molecule has 0 bridgehead atoms. The minimum Gasteiger partial charge on any atom is -0.465 e. The first kappa shape index (κ1) is 14.3. The summed E-state index contributed by atoms with van der Waals surface area (Å²) >= 11 is 1.66. The average Bonchev–Trinajstić information content (AvgIpc) is 2.49. The van der Waals surface area contributed by atoms with E-state index in [4.69, 9.17) is 10.5 Å². The predicted octanol–water partition coefficient (Wildman–Crippen LogP) is 3.57. The quantitative estimate of drug-likeness (QED) is 0.529. The van der Waals surface area contributed by atoms with Crippen molar-refractivity contribution < 1.29 is 14.3 Å². The number of benzene rings is 2. The fourth-order valence-electron chi connectivity index (χ4n) is 1.67. The van der Waals surface area contributed by atoms with Crippen molar-refractivity contribution in [1.29, 1.82) is 0 Å². The zero-order valence-electron chi connectivity index (χ0n) is 11.3. The Kier molecular flexibility index (Phi) is 4.53. The van der Waals surface area contributed by atoms with Crippen LogP contribution in [0.5, 0.6) is 11.5 Å². The molecule has 0 aliphatic heterocycles. The van der Waals surface area contributed by atoms with Crippen molar-refractivity contribution in [2.75, 3.05) is 19.1 Å². The van der Waals surface area contributed by atoms with E-state index in [0.717, 1.165) is 4.90 Å². The van der Waals surface area contributed by atoms with Crippen LogP contribution in [-0.4, -0.2) is 19.3 Å². The normalized spacial score (nSPS) is 10.1. The van der Waals surface area contributed by atoms with E-state index >= 15 is 0 Å². The Morgan fingerprint density at radius 3 is 2.35 bits per heavy atom. The van der Waals surface area contributed by atoms with Crippen LogP contribution in [0.15, 0.2) is 47.4 Å². The van der Waals surface area contributed by atoms with Crippen LogP contribution in [0.1, 0.15) is 10.4 Å². The largest absolute Gasteiger partial charge is 0.465 e. The molecule has 0 amide bonds. The van der Waals surface area contributed by atoms with Gasteiger partial charge in [-0.3, -0.25) is 0 Å². The maximum absolute atomic E-state index is 11.6. The number of methoxy groups -OCH3 is 1. The van der Waals surface area contributed by atoms with E-state index < -0.39 is 5.97 Å². The maximum atomic E-state index is 11.6. The van der Waals surface area contributed by atoms with E-state index in [-0.39, 0.29) is 0 Å². The topological polar surface area (TPSA) is 61.5 Å². The monoisotopic (exact) mass is 289 g/mol. The van der Waals surface area contributed by atoms with Gasteiger partial charge >= 0.3 is 5.97 Å². The van der Waals surface area contributed by atoms with Crippen molar-refractivity contribution in [3.8, 4) is 11.5 Å². The summed E-state index contributed by atoms with van der Waals surface area (Å²) in [5.74, 6) is 0.755. The Balaban J connectivity index is 2.22. The predicted molar refractivity (Wildman–Crippen MR) is 80.5 cm³/mol. The first-order chi connectivity index (χ1) is 9.63. The Hall–Kier alpha value is -2.14. The van der Waals surface area contributed by atoms with Gasteiger partial charge in [-0.1, -0.05) is 0 Å². The molecule has 0 fully saturated rings. The van der Waals surface area contributed by atoms with E-state index in [2.05, 4.69) is 4.74 Å². The molecule has 0 aliphatic carbocycles. The SMILES string of the molecule is COC(=O)c1cc(Oc2ccc(SC)cc2)ccc1N. The smallest absolute Gasteiger partial charge is 0.340 e. The van der Waals surface area contributed by atoms with Gasteiger partial charge in [0.15, 0.2) is 0 Å². The first-order valence-corrected chi connectivity index (χ1v) is 7.16. The number of nitrogens with two attached hydrogens (primary N) is 1. The number of anilines is 1. The fraction of sp³-hybridized carbons (Fsp3) is 0.133. The number of hydrogen-bond donors (Lipinski definition) is 1. The molecule has 0 saturated carbocycles. The lowest BCUT2D eigenvalue weighted by atomic mass is 10.1. The molecule has 0 aliphatic rings. The van der Waals surface area contributed by atoms with Gasteiger partial charge in [-0.05, 0) is 48.7 Å². The van der Waals surface area contributed by atoms with Crippen molar-refractivity contribution in [2.45, 2.75) is 4.90 Å². The van der Waals surface area contributed by atoms with Crippen molar-refractivity contribution >= 4 is 23.4 Å². The lowest BCUT2D eigenvalue weighted by Crippen LogP contribution is -2.05. The number of rotatable bonds is 4. The van der Waals surface area contributed by atoms with Gasteiger partial charge < -0.3 is 15.2 Å². The lowest BCUT2D eigenvalue weighted by Gasteiger charge is -2.09. The van der Waals surface area contributed by atoms with E-state index in [0.29, 0.717) is 22.7 Å². The molecular formula is C15H15NO3S.